The van der Waals surface area contributed by atoms with Crippen LogP contribution in [0.2, 0.25) is 0 Å². The first-order chi connectivity index (χ1) is 6.95. The van der Waals surface area contributed by atoms with Gasteiger partial charge in [0.25, 0.3) is 0 Å². The summed E-state index contributed by atoms with van der Waals surface area (Å²) in [4.78, 5) is 18.5. The molecule has 6 nitrogen and oxygen atoms in total. The fraction of sp³-hybridized carbons (Fsp3) is 0.333. The minimum absolute atomic E-state index is 0.0938. The minimum Gasteiger partial charge on any atom is -0.478 e. The van der Waals surface area contributed by atoms with Gasteiger partial charge in [-0.25, -0.2) is 9.59 Å². The van der Waals surface area contributed by atoms with Crippen LogP contribution in [0.15, 0.2) is 25.3 Å². The maximum atomic E-state index is 9.25. The molecule has 0 aromatic carbocycles. The number of carboxylic acids is 2. The van der Waals surface area contributed by atoms with Gasteiger partial charge in [-0.1, -0.05) is 13.2 Å². The Kier molecular flexibility index (Phi) is 23.0. The molecule has 0 aromatic heterocycles. The zero-order valence-electron chi connectivity index (χ0n) is 8.30. The van der Waals surface area contributed by atoms with Crippen molar-refractivity contribution in [2.45, 2.75) is 6.42 Å². The first-order valence-electron chi connectivity index (χ1n) is 3.88. The lowest BCUT2D eigenvalue weighted by molar-refractivity contribution is -0.132. The Morgan fingerprint density at radius 3 is 1.13 bits per heavy atom. The van der Waals surface area contributed by atoms with E-state index in [1.54, 1.807) is 0 Å². The third-order valence-electron chi connectivity index (χ3n) is 0.665. The van der Waals surface area contributed by atoms with Gasteiger partial charge in [-0.2, -0.15) is 0 Å². The number of hydrogen-bond donors (Lipinski definition) is 4. The largest absolute Gasteiger partial charge is 0.478 e. The molecule has 0 aliphatic carbocycles. The Morgan fingerprint density at radius 1 is 0.933 bits per heavy atom. The predicted octanol–water partition coefficient (Wildman–Crippen LogP) is -0.125. The Morgan fingerprint density at radius 2 is 1.13 bits per heavy atom. The van der Waals surface area contributed by atoms with Crippen LogP contribution in [-0.4, -0.2) is 45.6 Å². The molecule has 0 radical (unpaired) electrons. The van der Waals surface area contributed by atoms with Gasteiger partial charge in [0.1, 0.15) is 0 Å². The number of aliphatic hydroxyl groups excluding tert-OH is 2. The molecular formula is C9H16O6. The van der Waals surface area contributed by atoms with Gasteiger partial charge < -0.3 is 20.4 Å². The second kappa shape index (κ2) is 18.2. The Balaban J connectivity index is -0.000000144. The van der Waals surface area contributed by atoms with Gasteiger partial charge in [-0.3, -0.25) is 0 Å². The zero-order chi connectivity index (χ0) is 12.7. The van der Waals surface area contributed by atoms with Gasteiger partial charge in [0.2, 0.25) is 0 Å². The summed E-state index contributed by atoms with van der Waals surface area (Å²) in [5.74, 6) is -1.96. The molecule has 0 atom stereocenters. The second-order valence-corrected chi connectivity index (χ2v) is 1.89. The van der Waals surface area contributed by atoms with Crippen molar-refractivity contribution in [2.24, 2.45) is 0 Å². The lowest BCUT2D eigenvalue weighted by atomic mass is 10.5. The number of hydrogen-bond acceptors (Lipinski definition) is 4. The van der Waals surface area contributed by atoms with Crippen LogP contribution in [0.4, 0.5) is 0 Å². The Bertz CT molecular complexity index is 167. The van der Waals surface area contributed by atoms with Crippen molar-refractivity contribution < 1.29 is 30.0 Å². The molecule has 0 rings (SSSR count). The van der Waals surface area contributed by atoms with E-state index in [0.717, 1.165) is 12.2 Å². The molecule has 0 saturated carbocycles. The second-order valence-electron chi connectivity index (χ2n) is 1.89. The van der Waals surface area contributed by atoms with Crippen molar-refractivity contribution in [1.82, 2.24) is 0 Å². The molecule has 0 aromatic rings. The molecule has 0 aliphatic rings. The third kappa shape index (κ3) is 70.0. The van der Waals surface area contributed by atoms with Crippen molar-refractivity contribution in [2.75, 3.05) is 13.2 Å². The maximum Gasteiger partial charge on any atom is 0.327 e. The third-order valence-corrected chi connectivity index (χ3v) is 0.665. The van der Waals surface area contributed by atoms with E-state index in [1.807, 2.05) is 0 Å². The molecule has 0 heterocycles. The summed E-state index contributed by atoms with van der Waals surface area (Å²) in [6, 6.07) is 0. The minimum atomic E-state index is -0.981. The normalized spacial score (nSPS) is 7.07. The zero-order valence-corrected chi connectivity index (χ0v) is 8.30. The standard InChI is InChI=1S/2C3H4O2.C3H8O2/c2*1-2-3(4)5;4-2-1-3-5/h2*2H,1H2,(H,4,5);4-5H,1-3H2. The monoisotopic (exact) mass is 220 g/mol. The van der Waals surface area contributed by atoms with Crippen LogP contribution >= 0.6 is 0 Å². The number of aliphatic hydroxyl groups is 2. The average molecular weight is 220 g/mol. The summed E-state index contributed by atoms with van der Waals surface area (Å²) >= 11 is 0. The summed E-state index contributed by atoms with van der Waals surface area (Å²) in [7, 11) is 0. The van der Waals surface area contributed by atoms with Crippen molar-refractivity contribution in [3.8, 4) is 0 Å². The number of carboxylic acid groups (broad SMARTS) is 2. The molecule has 0 unspecified atom stereocenters. The molecule has 0 bridgehead atoms. The number of aliphatic carboxylic acids is 2. The lowest BCUT2D eigenvalue weighted by Gasteiger charge is -1.79. The summed E-state index contributed by atoms with van der Waals surface area (Å²) < 4.78 is 0. The van der Waals surface area contributed by atoms with Gasteiger partial charge in [-0.15, -0.1) is 0 Å². The summed E-state index contributed by atoms with van der Waals surface area (Å²) in [5, 5.41) is 31.0. The van der Waals surface area contributed by atoms with Crippen LogP contribution in [0.1, 0.15) is 6.42 Å². The van der Waals surface area contributed by atoms with Crippen molar-refractivity contribution in [1.29, 1.82) is 0 Å². The highest BCUT2D eigenvalue weighted by Gasteiger charge is 1.74. The highest BCUT2D eigenvalue weighted by molar-refractivity contribution is 5.79. The van der Waals surface area contributed by atoms with Gasteiger partial charge in [0.05, 0.1) is 0 Å². The van der Waals surface area contributed by atoms with Crippen LogP contribution in [0.3, 0.4) is 0 Å². The lowest BCUT2D eigenvalue weighted by Crippen LogP contribution is -1.85. The summed E-state index contributed by atoms with van der Waals surface area (Å²) in [5.41, 5.74) is 0. The van der Waals surface area contributed by atoms with Crippen LogP contribution in [0.5, 0.6) is 0 Å². The molecule has 4 N–H and O–H groups in total. The van der Waals surface area contributed by atoms with Gasteiger partial charge in [0.15, 0.2) is 0 Å². The van der Waals surface area contributed by atoms with Crippen LogP contribution < -0.4 is 0 Å². The molecule has 6 heteroatoms. The molecule has 0 saturated heterocycles. The smallest absolute Gasteiger partial charge is 0.327 e. The highest BCUT2D eigenvalue weighted by atomic mass is 16.4. The van der Waals surface area contributed by atoms with Gasteiger partial charge >= 0.3 is 11.9 Å². The van der Waals surface area contributed by atoms with Crippen molar-refractivity contribution in [3.05, 3.63) is 25.3 Å². The van der Waals surface area contributed by atoms with E-state index in [-0.39, 0.29) is 13.2 Å². The van der Waals surface area contributed by atoms with E-state index in [4.69, 9.17) is 20.4 Å². The van der Waals surface area contributed by atoms with E-state index in [2.05, 4.69) is 13.2 Å². The molecule has 0 spiro atoms. The van der Waals surface area contributed by atoms with E-state index in [0.29, 0.717) is 6.42 Å². The maximum absolute atomic E-state index is 9.25. The molecule has 88 valence electrons. The van der Waals surface area contributed by atoms with E-state index >= 15 is 0 Å². The van der Waals surface area contributed by atoms with Crippen molar-refractivity contribution >= 4 is 11.9 Å². The quantitative estimate of drug-likeness (QED) is 0.491. The molecule has 0 fully saturated rings. The predicted molar refractivity (Wildman–Crippen MR) is 54.5 cm³/mol. The number of carbonyl (C=O) groups is 2. The first kappa shape index (κ1) is 19.0. The van der Waals surface area contributed by atoms with Crippen LogP contribution in [-0.2, 0) is 9.59 Å². The fourth-order valence-corrected chi connectivity index (χ4v) is 0.0707. The molecule has 0 aliphatic heterocycles. The fourth-order valence-electron chi connectivity index (χ4n) is 0.0707. The molecule has 15 heavy (non-hydrogen) atoms. The van der Waals surface area contributed by atoms with E-state index in [9.17, 15) is 9.59 Å². The Hall–Kier alpha value is -1.66. The molecule has 0 amide bonds. The molecular weight excluding hydrogens is 204 g/mol. The SMILES string of the molecule is C=CC(=O)O.C=CC(=O)O.OCCCO. The highest BCUT2D eigenvalue weighted by Crippen LogP contribution is 1.65. The summed E-state index contributed by atoms with van der Waals surface area (Å²) in [6.45, 7) is 6.11. The van der Waals surface area contributed by atoms with Gasteiger partial charge in [0, 0.05) is 25.4 Å². The summed E-state index contributed by atoms with van der Waals surface area (Å²) in [6.07, 6.45) is 2.17. The Labute approximate surface area is 87.8 Å². The topological polar surface area (TPSA) is 115 Å². The van der Waals surface area contributed by atoms with E-state index < -0.39 is 11.9 Å². The van der Waals surface area contributed by atoms with Crippen LogP contribution in [0.25, 0.3) is 0 Å². The van der Waals surface area contributed by atoms with Crippen molar-refractivity contribution in [3.63, 3.8) is 0 Å². The number of rotatable bonds is 4. The van der Waals surface area contributed by atoms with E-state index in [1.165, 1.54) is 0 Å². The average Bonchev–Trinajstić information content (AvgIpc) is 2.20. The van der Waals surface area contributed by atoms with Crippen LogP contribution in [0, 0.1) is 0 Å². The first-order valence-corrected chi connectivity index (χ1v) is 3.88. The van der Waals surface area contributed by atoms with Gasteiger partial charge in [-0.05, 0) is 6.42 Å².